The summed E-state index contributed by atoms with van der Waals surface area (Å²) in [6.45, 7) is 7.11. The highest BCUT2D eigenvalue weighted by atomic mass is 32.1. The Hall–Kier alpha value is -0.610. The molecule has 0 amide bonds. The Morgan fingerprint density at radius 1 is 1.29 bits per heavy atom. The molecule has 1 N–H and O–H groups in total. The molecular weight excluding hydrogens is 278 g/mol. The predicted molar refractivity (Wildman–Crippen MR) is 91.3 cm³/mol. The minimum atomic E-state index is 0.480. The Morgan fingerprint density at radius 3 is 2.62 bits per heavy atom. The molecule has 2 aliphatic rings. The largest absolute Gasteiger partial charge is 0.348 e. The molecule has 1 saturated heterocycles. The van der Waals surface area contributed by atoms with Crippen LogP contribution < -0.4 is 10.2 Å². The van der Waals surface area contributed by atoms with Crippen molar-refractivity contribution in [2.75, 3.05) is 25.0 Å². The van der Waals surface area contributed by atoms with Gasteiger partial charge in [-0.05, 0) is 44.6 Å². The van der Waals surface area contributed by atoms with Crippen molar-refractivity contribution in [1.29, 1.82) is 0 Å². The van der Waals surface area contributed by atoms with Gasteiger partial charge in [-0.15, -0.1) is 11.3 Å². The summed E-state index contributed by atoms with van der Waals surface area (Å²) in [7, 11) is 2.07. The van der Waals surface area contributed by atoms with Gasteiger partial charge in [-0.3, -0.25) is 0 Å². The van der Waals surface area contributed by atoms with Gasteiger partial charge in [0.25, 0.3) is 0 Å². The molecule has 0 bridgehead atoms. The number of piperidine rings is 1. The third-order valence-electron chi connectivity index (χ3n) is 5.89. The summed E-state index contributed by atoms with van der Waals surface area (Å²) in [4.78, 5) is 9.08. The summed E-state index contributed by atoms with van der Waals surface area (Å²) in [5.74, 6) is 0. The van der Waals surface area contributed by atoms with E-state index in [4.69, 9.17) is 4.98 Å². The van der Waals surface area contributed by atoms with Crippen LogP contribution in [0.2, 0.25) is 0 Å². The van der Waals surface area contributed by atoms with E-state index in [1.54, 1.807) is 0 Å². The van der Waals surface area contributed by atoms with Crippen LogP contribution in [0.25, 0.3) is 0 Å². The first-order chi connectivity index (χ1) is 10.2. The number of hydrogen-bond donors (Lipinski definition) is 1. The highest BCUT2D eigenvalue weighted by Gasteiger charge is 2.33. The van der Waals surface area contributed by atoms with Crippen LogP contribution in [-0.4, -0.2) is 25.1 Å². The second kappa shape index (κ2) is 6.25. The van der Waals surface area contributed by atoms with Crippen molar-refractivity contribution in [1.82, 2.24) is 10.3 Å². The molecule has 1 unspecified atom stereocenters. The van der Waals surface area contributed by atoms with Crippen molar-refractivity contribution in [3.63, 3.8) is 0 Å². The summed E-state index contributed by atoms with van der Waals surface area (Å²) in [5.41, 5.74) is 1.94. The van der Waals surface area contributed by atoms with Gasteiger partial charge < -0.3 is 10.2 Å². The molecule has 118 valence electrons. The first kappa shape index (κ1) is 15.3. The van der Waals surface area contributed by atoms with Crippen molar-refractivity contribution >= 4 is 16.5 Å². The van der Waals surface area contributed by atoms with Crippen LogP contribution in [0, 0.1) is 5.41 Å². The number of nitrogens with zero attached hydrogens (tertiary/aromatic N) is 2. The van der Waals surface area contributed by atoms with Gasteiger partial charge in [0, 0.05) is 18.0 Å². The lowest BCUT2D eigenvalue weighted by atomic mass is 9.74. The molecule has 4 heteroatoms. The van der Waals surface area contributed by atoms with Crippen molar-refractivity contribution < 1.29 is 0 Å². The SMILES string of the molecule is CCC1(CC)CCN(c2nc3c(s2)CCCC3NC)CC1. The fraction of sp³-hybridized carbons (Fsp3) is 0.824. The first-order valence-electron chi connectivity index (χ1n) is 8.63. The average Bonchev–Trinajstić information content (AvgIpc) is 2.99. The molecule has 3 nitrogen and oxygen atoms in total. The van der Waals surface area contributed by atoms with Crippen LogP contribution in [0.3, 0.4) is 0 Å². The second-order valence-corrected chi connectivity index (χ2v) is 7.79. The molecule has 1 aromatic heterocycles. The molecule has 2 heterocycles. The average molecular weight is 308 g/mol. The normalized spacial score (nSPS) is 24.9. The number of aryl methyl sites for hydroxylation is 1. The van der Waals surface area contributed by atoms with Crippen molar-refractivity contribution in [2.45, 2.75) is 64.8 Å². The topological polar surface area (TPSA) is 28.2 Å². The Labute approximate surface area is 133 Å². The van der Waals surface area contributed by atoms with Crippen molar-refractivity contribution in [3.05, 3.63) is 10.6 Å². The lowest BCUT2D eigenvalue weighted by molar-refractivity contribution is 0.199. The zero-order valence-corrected chi connectivity index (χ0v) is 14.6. The van der Waals surface area contributed by atoms with Gasteiger partial charge >= 0.3 is 0 Å². The van der Waals surface area contributed by atoms with Crippen molar-refractivity contribution in [3.8, 4) is 0 Å². The quantitative estimate of drug-likeness (QED) is 0.906. The van der Waals surface area contributed by atoms with Crippen LogP contribution in [-0.2, 0) is 6.42 Å². The molecule has 1 fully saturated rings. The maximum Gasteiger partial charge on any atom is 0.185 e. The molecule has 1 atom stereocenters. The fourth-order valence-electron chi connectivity index (χ4n) is 3.95. The van der Waals surface area contributed by atoms with E-state index in [0.717, 1.165) is 0 Å². The Kier molecular flexibility index (Phi) is 4.55. The molecule has 21 heavy (non-hydrogen) atoms. The molecule has 0 saturated carbocycles. The maximum atomic E-state index is 5.01. The summed E-state index contributed by atoms with van der Waals surface area (Å²) in [6, 6.07) is 0.480. The molecule has 0 aromatic carbocycles. The number of hydrogen-bond acceptors (Lipinski definition) is 4. The van der Waals surface area contributed by atoms with Crippen LogP contribution in [0.1, 0.15) is 69.0 Å². The lowest BCUT2D eigenvalue weighted by Gasteiger charge is -2.41. The summed E-state index contributed by atoms with van der Waals surface area (Å²) < 4.78 is 0. The molecule has 3 rings (SSSR count). The number of aromatic nitrogens is 1. The van der Waals surface area contributed by atoms with Crippen LogP contribution in [0.4, 0.5) is 5.13 Å². The number of rotatable bonds is 4. The van der Waals surface area contributed by atoms with E-state index in [0.29, 0.717) is 11.5 Å². The monoisotopic (exact) mass is 307 g/mol. The Balaban J connectivity index is 1.73. The van der Waals surface area contributed by atoms with Crippen molar-refractivity contribution in [2.24, 2.45) is 5.41 Å². The first-order valence-corrected chi connectivity index (χ1v) is 9.45. The van der Waals surface area contributed by atoms with Gasteiger partial charge in [-0.1, -0.05) is 26.7 Å². The highest BCUT2D eigenvalue weighted by molar-refractivity contribution is 7.15. The number of anilines is 1. The molecule has 1 aromatic rings. The molecule has 1 aliphatic heterocycles. The minimum Gasteiger partial charge on any atom is -0.348 e. The third kappa shape index (κ3) is 2.85. The fourth-order valence-corrected chi connectivity index (χ4v) is 5.17. The molecule has 0 spiro atoms. The van der Waals surface area contributed by atoms with E-state index < -0.39 is 0 Å². The summed E-state index contributed by atoms with van der Waals surface area (Å²) >= 11 is 1.95. The van der Waals surface area contributed by atoms with Gasteiger partial charge in [-0.25, -0.2) is 4.98 Å². The molecule has 1 aliphatic carbocycles. The van der Waals surface area contributed by atoms with E-state index in [1.165, 1.54) is 73.7 Å². The maximum absolute atomic E-state index is 5.01. The Bertz CT molecular complexity index is 468. The zero-order valence-electron chi connectivity index (χ0n) is 13.7. The highest BCUT2D eigenvalue weighted by Crippen LogP contribution is 2.42. The zero-order chi connectivity index (χ0) is 14.9. The van der Waals surface area contributed by atoms with E-state index in [1.807, 2.05) is 11.3 Å². The minimum absolute atomic E-state index is 0.480. The number of thiazole rings is 1. The van der Waals surface area contributed by atoms with E-state index in [-0.39, 0.29) is 0 Å². The van der Waals surface area contributed by atoms with Gasteiger partial charge in [-0.2, -0.15) is 0 Å². The third-order valence-corrected chi connectivity index (χ3v) is 7.08. The Morgan fingerprint density at radius 2 is 2.00 bits per heavy atom. The van der Waals surface area contributed by atoms with E-state index in [9.17, 15) is 0 Å². The van der Waals surface area contributed by atoms with Crippen LogP contribution >= 0.6 is 11.3 Å². The second-order valence-electron chi connectivity index (χ2n) is 6.73. The van der Waals surface area contributed by atoms with E-state index >= 15 is 0 Å². The summed E-state index contributed by atoms with van der Waals surface area (Å²) in [5, 5.41) is 4.71. The van der Waals surface area contributed by atoms with Gasteiger partial charge in [0.15, 0.2) is 5.13 Å². The van der Waals surface area contributed by atoms with Gasteiger partial charge in [0.2, 0.25) is 0 Å². The summed E-state index contributed by atoms with van der Waals surface area (Å²) in [6.07, 6.45) is 9.09. The molecule has 0 radical (unpaired) electrons. The standard InChI is InChI=1S/C17H29N3S/c1-4-17(5-2)9-11-20(12-10-17)16-19-15-13(18-3)7-6-8-14(15)21-16/h13,18H,4-12H2,1-3H3. The van der Waals surface area contributed by atoms with Crippen LogP contribution in [0.15, 0.2) is 0 Å². The molecular formula is C17H29N3S. The van der Waals surface area contributed by atoms with Crippen LogP contribution in [0.5, 0.6) is 0 Å². The number of nitrogens with one attached hydrogen (secondary N) is 1. The van der Waals surface area contributed by atoms with E-state index in [2.05, 4.69) is 31.1 Å². The van der Waals surface area contributed by atoms with Gasteiger partial charge in [0.1, 0.15) is 0 Å². The predicted octanol–water partition coefficient (Wildman–Crippen LogP) is 4.15. The lowest BCUT2D eigenvalue weighted by Crippen LogP contribution is -2.39. The number of fused-ring (bicyclic) bond motifs is 1. The smallest absolute Gasteiger partial charge is 0.185 e. The van der Waals surface area contributed by atoms with Gasteiger partial charge in [0.05, 0.1) is 11.7 Å².